The van der Waals surface area contributed by atoms with Gasteiger partial charge in [-0.1, -0.05) is 19.1 Å². The van der Waals surface area contributed by atoms with Crippen molar-refractivity contribution in [2.24, 2.45) is 5.73 Å². The van der Waals surface area contributed by atoms with E-state index in [9.17, 15) is 0 Å². The molecule has 90 valence electrons. The normalized spacial score (nSPS) is 14.5. The van der Waals surface area contributed by atoms with E-state index in [0.717, 1.165) is 17.7 Å². The van der Waals surface area contributed by atoms with Gasteiger partial charge < -0.3 is 15.2 Å². The summed E-state index contributed by atoms with van der Waals surface area (Å²) in [7, 11) is 1.65. The number of nitrogens with two attached hydrogens (primary N) is 1. The molecule has 0 saturated heterocycles. The van der Waals surface area contributed by atoms with Gasteiger partial charge in [0.05, 0.1) is 25.9 Å². The molecule has 1 aromatic carbocycles. The van der Waals surface area contributed by atoms with Crippen molar-refractivity contribution in [1.29, 1.82) is 0 Å². The minimum atomic E-state index is -0.0934. The van der Waals surface area contributed by atoms with E-state index in [2.05, 4.69) is 13.8 Å². The molecule has 0 heterocycles. The highest BCUT2D eigenvalue weighted by Crippen LogP contribution is 2.18. The lowest BCUT2D eigenvalue weighted by Crippen LogP contribution is -2.20. The van der Waals surface area contributed by atoms with Crippen LogP contribution in [0.5, 0.6) is 5.75 Å². The Morgan fingerprint density at radius 3 is 2.75 bits per heavy atom. The quantitative estimate of drug-likeness (QED) is 0.806. The van der Waals surface area contributed by atoms with E-state index < -0.39 is 0 Å². The Morgan fingerprint density at radius 1 is 1.38 bits per heavy atom. The summed E-state index contributed by atoms with van der Waals surface area (Å²) in [6.45, 7) is 4.70. The second-order valence-electron chi connectivity index (χ2n) is 3.94. The van der Waals surface area contributed by atoms with Crippen molar-refractivity contribution in [3.63, 3.8) is 0 Å². The topological polar surface area (TPSA) is 44.5 Å². The van der Waals surface area contributed by atoms with Gasteiger partial charge in [-0.25, -0.2) is 0 Å². The Hall–Kier alpha value is -1.06. The number of hydrogen-bond acceptors (Lipinski definition) is 3. The predicted octanol–water partition coefficient (Wildman–Crippen LogP) is 2.51. The van der Waals surface area contributed by atoms with Crippen LogP contribution in [0.3, 0.4) is 0 Å². The van der Waals surface area contributed by atoms with Crippen LogP contribution in [0.2, 0.25) is 0 Å². The fraction of sp³-hybridized carbons (Fsp3) is 0.538. The number of ether oxygens (including phenoxy) is 2. The summed E-state index contributed by atoms with van der Waals surface area (Å²) >= 11 is 0. The van der Waals surface area contributed by atoms with Gasteiger partial charge in [-0.2, -0.15) is 0 Å². The molecule has 0 bridgehead atoms. The molecule has 0 aliphatic carbocycles. The number of hydrogen-bond donors (Lipinski definition) is 1. The van der Waals surface area contributed by atoms with E-state index in [0.29, 0.717) is 6.61 Å². The first kappa shape index (κ1) is 13.0. The second-order valence-corrected chi connectivity index (χ2v) is 3.94. The van der Waals surface area contributed by atoms with E-state index >= 15 is 0 Å². The zero-order chi connectivity index (χ0) is 12.0. The van der Waals surface area contributed by atoms with E-state index in [4.69, 9.17) is 15.2 Å². The molecule has 0 spiro atoms. The third kappa shape index (κ3) is 3.83. The van der Waals surface area contributed by atoms with Crippen LogP contribution in [0.25, 0.3) is 0 Å². The van der Waals surface area contributed by atoms with E-state index in [1.165, 1.54) is 0 Å². The fourth-order valence-electron chi connectivity index (χ4n) is 1.35. The molecule has 0 amide bonds. The number of rotatable bonds is 6. The maximum Gasteiger partial charge on any atom is 0.119 e. The maximum atomic E-state index is 6.04. The molecule has 2 N–H and O–H groups in total. The number of methoxy groups -OCH3 is 1. The molecule has 0 saturated carbocycles. The summed E-state index contributed by atoms with van der Waals surface area (Å²) in [6, 6.07) is 7.70. The van der Waals surface area contributed by atoms with Gasteiger partial charge >= 0.3 is 0 Å². The lowest BCUT2D eigenvalue weighted by Gasteiger charge is -2.16. The van der Waals surface area contributed by atoms with Gasteiger partial charge in [0, 0.05) is 0 Å². The van der Waals surface area contributed by atoms with Gasteiger partial charge in [0.25, 0.3) is 0 Å². The Bertz CT molecular complexity index is 315. The Morgan fingerprint density at radius 2 is 2.12 bits per heavy atom. The van der Waals surface area contributed by atoms with Crippen LogP contribution in [0.4, 0.5) is 0 Å². The molecule has 2 unspecified atom stereocenters. The Balaban J connectivity index is 2.54. The summed E-state index contributed by atoms with van der Waals surface area (Å²) in [5, 5.41) is 0. The first-order valence-corrected chi connectivity index (χ1v) is 5.68. The minimum Gasteiger partial charge on any atom is -0.497 e. The van der Waals surface area contributed by atoms with Crippen molar-refractivity contribution < 1.29 is 9.47 Å². The number of benzene rings is 1. The van der Waals surface area contributed by atoms with Crippen LogP contribution in [0, 0.1) is 0 Å². The molecule has 0 fully saturated rings. The van der Waals surface area contributed by atoms with Crippen LogP contribution in [0.15, 0.2) is 24.3 Å². The van der Waals surface area contributed by atoms with Crippen LogP contribution >= 0.6 is 0 Å². The Kier molecular flexibility index (Phi) is 5.29. The molecule has 3 nitrogen and oxygen atoms in total. The third-order valence-corrected chi connectivity index (χ3v) is 2.66. The van der Waals surface area contributed by atoms with Crippen molar-refractivity contribution in [1.82, 2.24) is 0 Å². The van der Waals surface area contributed by atoms with Gasteiger partial charge in [-0.15, -0.1) is 0 Å². The third-order valence-electron chi connectivity index (χ3n) is 2.66. The van der Waals surface area contributed by atoms with Gasteiger partial charge in [0.1, 0.15) is 5.75 Å². The van der Waals surface area contributed by atoms with Crippen molar-refractivity contribution in [2.75, 3.05) is 13.7 Å². The standard InChI is InChI=1S/C13H21NO2/c1-4-10(2)16-9-13(14)11-6-5-7-12(8-11)15-3/h5-8,10,13H,4,9,14H2,1-3H3. The molecular weight excluding hydrogens is 202 g/mol. The first-order chi connectivity index (χ1) is 7.67. The van der Waals surface area contributed by atoms with Crippen LogP contribution < -0.4 is 10.5 Å². The average molecular weight is 223 g/mol. The summed E-state index contributed by atoms with van der Waals surface area (Å²) in [4.78, 5) is 0. The van der Waals surface area contributed by atoms with E-state index in [1.807, 2.05) is 24.3 Å². The lowest BCUT2D eigenvalue weighted by molar-refractivity contribution is 0.0539. The zero-order valence-corrected chi connectivity index (χ0v) is 10.3. The van der Waals surface area contributed by atoms with Gasteiger partial charge in [-0.3, -0.25) is 0 Å². The highest BCUT2D eigenvalue weighted by Gasteiger charge is 2.08. The highest BCUT2D eigenvalue weighted by molar-refractivity contribution is 5.30. The predicted molar refractivity (Wildman–Crippen MR) is 65.6 cm³/mol. The molecular formula is C13H21NO2. The zero-order valence-electron chi connectivity index (χ0n) is 10.3. The molecule has 16 heavy (non-hydrogen) atoms. The fourth-order valence-corrected chi connectivity index (χ4v) is 1.35. The molecule has 3 heteroatoms. The molecule has 1 aromatic rings. The van der Waals surface area contributed by atoms with Crippen LogP contribution in [-0.4, -0.2) is 19.8 Å². The summed E-state index contributed by atoms with van der Waals surface area (Å²) in [5.41, 5.74) is 7.09. The molecule has 0 aliphatic heterocycles. The smallest absolute Gasteiger partial charge is 0.119 e. The molecule has 1 rings (SSSR count). The monoisotopic (exact) mass is 223 g/mol. The van der Waals surface area contributed by atoms with Crippen LogP contribution in [-0.2, 0) is 4.74 Å². The SMILES string of the molecule is CCC(C)OCC(N)c1cccc(OC)c1. The van der Waals surface area contributed by atoms with Crippen molar-refractivity contribution >= 4 is 0 Å². The molecule has 0 aliphatic rings. The van der Waals surface area contributed by atoms with Gasteiger partial charge in [-0.05, 0) is 31.0 Å². The molecule has 0 radical (unpaired) electrons. The first-order valence-electron chi connectivity index (χ1n) is 5.68. The van der Waals surface area contributed by atoms with Gasteiger partial charge in [0.2, 0.25) is 0 Å². The summed E-state index contributed by atoms with van der Waals surface area (Å²) in [5.74, 6) is 0.830. The average Bonchev–Trinajstić information content (AvgIpc) is 2.35. The maximum absolute atomic E-state index is 6.04. The summed E-state index contributed by atoms with van der Waals surface area (Å²) < 4.78 is 10.8. The highest BCUT2D eigenvalue weighted by atomic mass is 16.5. The largest absolute Gasteiger partial charge is 0.497 e. The Labute approximate surface area is 97.6 Å². The van der Waals surface area contributed by atoms with Crippen molar-refractivity contribution in [3.05, 3.63) is 29.8 Å². The summed E-state index contributed by atoms with van der Waals surface area (Å²) in [6.07, 6.45) is 1.27. The van der Waals surface area contributed by atoms with Crippen molar-refractivity contribution in [2.45, 2.75) is 32.4 Å². The molecule has 0 aromatic heterocycles. The second kappa shape index (κ2) is 6.51. The van der Waals surface area contributed by atoms with E-state index in [1.54, 1.807) is 7.11 Å². The van der Waals surface area contributed by atoms with Gasteiger partial charge in [0.15, 0.2) is 0 Å². The van der Waals surface area contributed by atoms with Crippen LogP contribution in [0.1, 0.15) is 31.9 Å². The minimum absolute atomic E-state index is 0.0934. The van der Waals surface area contributed by atoms with Crippen molar-refractivity contribution in [3.8, 4) is 5.75 Å². The lowest BCUT2D eigenvalue weighted by atomic mass is 10.1. The van der Waals surface area contributed by atoms with E-state index in [-0.39, 0.29) is 12.1 Å². The molecule has 2 atom stereocenters.